The highest BCUT2D eigenvalue weighted by Crippen LogP contribution is 2.17. The minimum Gasteiger partial charge on any atom is -0.327 e. The Labute approximate surface area is 89.7 Å². The van der Waals surface area contributed by atoms with Crippen molar-refractivity contribution in [2.75, 3.05) is 19.6 Å². The van der Waals surface area contributed by atoms with E-state index >= 15 is 0 Å². The van der Waals surface area contributed by atoms with E-state index in [4.69, 9.17) is 28.9 Å². The third kappa shape index (κ3) is 3.47. The second-order valence-corrected chi connectivity index (χ2v) is 4.42. The molecule has 2 atom stereocenters. The summed E-state index contributed by atoms with van der Waals surface area (Å²) in [5.74, 6) is 0.550. The van der Waals surface area contributed by atoms with Crippen LogP contribution >= 0.6 is 23.2 Å². The minimum absolute atomic E-state index is 0.343. The summed E-state index contributed by atoms with van der Waals surface area (Å²) in [6.07, 6.45) is 1.05. The van der Waals surface area contributed by atoms with Crippen molar-refractivity contribution in [3.63, 3.8) is 0 Å². The molecule has 1 saturated heterocycles. The molecule has 76 valence electrons. The Morgan fingerprint density at radius 1 is 1.69 bits per heavy atom. The fourth-order valence-electron chi connectivity index (χ4n) is 1.64. The van der Waals surface area contributed by atoms with E-state index in [1.54, 1.807) is 0 Å². The van der Waals surface area contributed by atoms with Crippen molar-refractivity contribution in [2.24, 2.45) is 11.7 Å². The van der Waals surface area contributed by atoms with Crippen LogP contribution in [0.1, 0.15) is 13.3 Å². The normalized spacial score (nSPS) is 32.2. The molecule has 0 aliphatic carbocycles. The minimum atomic E-state index is 0.343. The van der Waals surface area contributed by atoms with E-state index in [-0.39, 0.29) is 0 Å². The van der Waals surface area contributed by atoms with Gasteiger partial charge in [0, 0.05) is 36.2 Å². The molecule has 0 aromatic heterocycles. The Morgan fingerprint density at radius 3 is 2.92 bits per heavy atom. The van der Waals surface area contributed by atoms with Gasteiger partial charge in [0.25, 0.3) is 0 Å². The SMILES string of the molecule is CC1CN(CC(Cl)=CCl)CCC1N. The molecule has 0 radical (unpaired) electrons. The fraction of sp³-hybridized carbons (Fsp3) is 0.778. The molecule has 1 fully saturated rings. The van der Waals surface area contributed by atoms with Crippen LogP contribution in [0.5, 0.6) is 0 Å². The molecule has 0 spiro atoms. The van der Waals surface area contributed by atoms with Crippen LogP contribution in [-0.4, -0.2) is 30.6 Å². The predicted octanol–water partition coefficient (Wildman–Crippen LogP) is 1.97. The molecule has 1 aliphatic rings. The van der Waals surface area contributed by atoms with Crippen LogP contribution in [0.25, 0.3) is 0 Å². The standard InChI is InChI=1S/C9H16Cl2N2/c1-7-5-13(3-2-9(7)12)6-8(11)4-10/h4,7,9H,2-3,5-6,12H2,1H3. The van der Waals surface area contributed by atoms with Gasteiger partial charge in [-0.05, 0) is 12.3 Å². The van der Waals surface area contributed by atoms with Gasteiger partial charge in [0.2, 0.25) is 0 Å². The first-order valence-corrected chi connectivity index (χ1v) is 5.37. The van der Waals surface area contributed by atoms with E-state index in [2.05, 4.69) is 11.8 Å². The number of likely N-dealkylation sites (tertiary alicyclic amines) is 1. The van der Waals surface area contributed by atoms with Gasteiger partial charge in [-0.1, -0.05) is 30.1 Å². The van der Waals surface area contributed by atoms with Crippen molar-refractivity contribution in [1.82, 2.24) is 4.90 Å². The molecule has 4 heteroatoms. The van der Waals surface area contributed by atoms with Crippen LogP contribution in [0, 0.1) is 5.92 Å². The Balaban J connectivity index is 2.37. The van der Waals surface area contributed by atoms with E-state index in [1.807, 2.05) is 0 Å². The number of rotatable bonds is 2. The summed E-state index contributed by atoms with van der Waals surface area (Å²) in [6, 6.07) is 0.343. The largest absolute Gasteiger partial charge is 0.327 e. The van der Waals surface area contributed by atoms with Crippen molar-refractivity contribution >= 4 is 23.2 Å². The van der Waals surface area contributed by atoms with E-state index in [0.717, 1.165) is 26.1 Å². The van der Waals surface area contributed by atoms with Crippen molar-refractivity contribution in [1.29, 1.82) is 0 Å². The second-order valence-electron chi connectivity index (χ2n) is 3.72. The van der Waals surface area contributed by atoms with Crippen LogP contribution in [0.4, 0.5) is 0 Å². The molecule has 0 bridgehead atoms. The van der Waals surface area contributed by atoms with Crippen molar-refractivity contribution in [3.05, 3.63) is 10.6 Å². The predicted molar refractivity (Wildman–Crippen MR) is 58.0 cm³/mol. The third-order valence-electron chi connectivity index (χ3n) is 2.55. The Hall–Kier alpha value is 0.240. The van der Waals surface area contributed by atoms with Gasteiger partial charge in [-0.15, -0.1) is 0 Å². The fourth-order valence-corrected chi connectivity index (χ4v) is 1.88. The molecule has 1 rings (SSSR count). The highest BCUT2D eigenvalue weighted by Gasteiger charge is 2.22. The number of nitrogens with two attached hydrogens (primary N) is 1. The smallest absolute Gasteiger partial charge is 0.0434 e. The van der Waals surface area contributed by atoms with Crippen LogP contribution in [0.15, 0.2) is 10.6 Å². The molecule has 0 saturated carbocycles. The van der Waals surface area contributed by atoms with Gasteiger partial charge >= 0.3 is 0 Å². The third-order valence-corrected chi connectivity index (χ3v) is 3.15. The van der Waals surface area contributed by atoms with Gasteiger partial charge in [0.1, 0.15) is 0 Å². The van der Waals surface area contributed by atoms with E-state index < -0.39 is 0 Å². The average molecular weight is 223 g/mol. The maximum atomic E-state index is 5.90. The molecule has 1 aliphatic heterocycles. The van der Waals surface area contributed by atoms with Gasteiger partial charge in [0.15, 0.2) is 0 Å². The van der Waals surface area contributed by atoms with Crippen molar-refractivity contribution < 1.29 is 0 Å². The summed E-state index contributed by atoms with van der Waals surface area (Å²) in [7, 11) is 0. The van der Waals surface area contributed by atoms with Gasteiger partial charge in [-0.25, -0.2) is 0 Å². The summed E-state index contributed by atoms with van der Waals surface area (Å²) in [6.45, 7) is 4.96. The molecule has 2 nitrogen and oxygen atoms in total. The van der Waals surface area contributed by atoms with Crippen molar-refractivity contribution in [3.8, 4) is 0 Å². The van der Waals surface area contributed by atoms with Gasteiger partial charge in [-0.3, -0.25) is 4.90 Å². The lowest BCUT2D eigenvalue weighted by molar-refractivity contribution is 0.178. The number of halogens is 2. The zero-order chi connectivity index (χ0) is 9.84. The van der Waals surface area contributed by atoms with Gasteiger partial charge < -0.3 is 5.73 Å². The maximum absolute atomic E-state index is 5.90. The molecule has 1 heterocycles. The number of hydrogen-bond donors (Lipinski definition) is 1. The van der Waals surface area contributed by atoms with E-state index in [0.29, 0.717) is 17.0 Å². The number of piperidine rings is 1. The first kappa shape index (κ1) is 11.3. The van der Waals surface area contributed by atoms with Crippen LogP contribution in [0.2, 0.25) is 0 Å². The summed E-state index contributed by atoms with van der Waals surface area (Å²) in [5.41, 5.74) is 7.33. The van der Waals surface area contributed by atoms with E-state index in [9.17, 15) is 0 Å². The summed E-state index contributed by atoms with van der Waals surface area (Å²) >= 11 is 11.3. The quantitative estimate of drug-likeness (QED) is 0.775. The summed E-state index contributed by atoms with van der Waals surface area (Å²) in [5, 5.41) is 0.698. The summed E-state index contributed by atoms with van der Waals surface area (Å²) in [4.78, 5) is 2.29. The zero-order valence-electron chi connectivity index (χ0n) is 7.84. The lowest BCUT2D eigenvalue weighted by atomic mass is 9.95. The second kappa shape index (κ2) is 5.20. The van der Waals surface area contributed by atoms with Crippen LogP contribution in [0.3, 0.4) is 0 Å². The highest BCUT2D eigenvalue weighted by atomic mass is 35.5. The molecule has 0 amide bonds. The molecule has 13 heavy (non-hydrogen) atoms. The number of nitrogens with zero attached hydrogens (tertiary/aromatic N) is 1. The van der Waals surface area contributed by atoms with Gasteiger partial charge in [0.05, 0.1) is 0 Å². The Kier molecular flexibility index (Phi) is 4.53. The van der Waals surface area contributed by atoms with Crippen LogP contribution in [-0.2, 0) is 0 Å². The molecule has 0 aromatic rings. The molecule has 2 N–H and O–H groups in total. The molecule has 2 unspecified atom stereocenters. The molecule has 0 aromatic carbocycles. The molecular formula is C9H16Cl2N2. The van der Waals surface area contributed by atoms with Gasteiger partial charge in [-0.2, -0.15) is 0 Å². The van der Waals surface area contributed by atoms with E-state index in [1.165, 1.54) is 5.54 Å². The Morgan fingerprint density at radius 2 is 2.38 bits per heavy atom. The first-order valence-electron chi connectivity index (χ1n) is 4.56. The van der Waals surface area contributed by atoms with Crippen molar-refractivity contribution in [2.45, 2.75) is 19.4 Å². The lowest BCUT2D eigenvalue weighted by Crippen LogP contribution is -2.46. The molecular weight excluding hydrogens is 207 g/mol. The maximum Gasteiger partial charge on any atom is 0.0434 e. The van der Waals surface area contributed by atoms with Crippen LogP contribution < -0.4 is 5.73 Å². The monoisotopic (exact) mass is 222 g/mol. The average Bonchev–Trinajstić information content (AvgIpc) is 2.11. The first-order chi connectivity index (χ1) is 6.13. The summed E-state index contributed by atoms with van der Waals surface area (Å²) < 4.78 is 0. The zero-order valence-corrected chi connectivity index (χ0v) is 9.35. The highest BCUT2D eigenvalue weighted by molar-refractivity contribution is 6.36. The lowest BCUT2D eigenvalue weighted by Gasteiger charge is -2.34. The Bertz CT molecular complexity index is 194. The topological polar surface area (TPSA) is 29.3 Å². The number of hydrogen-bond acceptors (Lipinski definition) is 2.